The molecular weight excluding hydrogens is 460 g/mol. The van der Waals surface area contributed by atoms with Gasteiger partial charge >= 0.3 is 0 Å². The lowest BCUT2D eigenvalue weighted by molar-refractivity contribution is -0.571. The molecule has 5 fully saturated rings. The molecule has 8 atom stereocenters. The largest absolute Gasteiger partial charge is 0.346 e. The van der Waals surface area contributed by atoms with Gasteiger partial charge in [-0.1, -0.05) is 48.0 Å². The van der Waals surface area contributed by atoms with E-state index in [9.17, 15) is 4.79 Å². The van der Waals surface area contributed by atoms with Gasteiger partial charge in [-0.25, -0.2) is 9.78 Å². The zero-order chi connectivity index (χ0) is 21.8. The maximum Gasteiger partial charge on any atom is 0.201 e. The highest BCUT2D eigenvalue weighted by Gasteiger charge is 2.69. The summed E-state index contributed by atoms with van der Waals surface area (Å²) in [7, 11) is 0. The van der Waals surface area contributed by atoms with Crippen molar-refractivity contribution >= 4 is 21.7 Å². The third-order valence-corrected chi connectivity index (χ3v) is 9.05. The van der Waals surface area contributed by atoms with Gasteiger partial charge in [0.25, 0.3) is 0 Å². The third-order valence-electron chi connectivity index (χ3n) is 8.36. The highest BCUT2D eigenvalue weighted by molar-refractivity contribution is 9.10. The van der Waals surface area contributed by atoms with Crippen LogP contribution in [0.15, 0.2) is 28.7 Å². The molecule has 6 rings (SSSR count). The Morgan fingerprint density at radius 2 is 1.94 bits per heavy atom. The first-order chi connectivity index (χ1) is 14.8. The Morgan fingerprint density at radius 1 is 1.13 bits per heavy atom. The molecule has 0 radical (unpaired) electrons. The van der Waals surface area contributed by atoms with E-state index in [4.69, 9.17) is 19.2 Å². The molecule has 6 heteroatoms. The summed E-state index contributed by atoms with van der Waals surface area (Å²) >= 11 is 3.49. The minimum absolute atomic E-state index is 0.0632. The number of halogens is 1. The SMILES string of the molecule is C[C@H]1[C@@H](CCCC(=O)c2ccccc2Br)O[C@@H]2OC3(C)CC[C@H]4[C@H](C)CC[C@@H]1[C@@]24OO3. The van der Waals surface area contributed by atoms with Crippen LogP contribution in [0, 0.1) is 23.7 Å². The number of benzene rings is 1. The summed E-state index contributed by atoms with van der Waals surface area (Å²) in [5.41, 5.74) is 0.250. The lowest BCUT2D eigenvalue weighted by Gasteiger charge is -2.60. The number of rotatable bonds is 5. The molecule has 0 amide bonds. The molecule has 4 saturated heterocycles. The second-order valence-electron chi connectivity index (χ2n) is 10.2. The number of ketones is 1. The van der Waals surface area contributed by atoms with Crippen molar-refractivity contribution in [2.45, 2.75) is 89.5 Å². The molecule has 0 N–H and O–H groups in total. The highest BCUT2D eigenvalue weighted by Crippen LogP contribution is 2.60. The second kappa shape index (κ2) is 8.21. The van der Waals surface area contributed by atoms with Gasteiger partial charge in [-0.3, -0.25) is 4.79 Å². The van der Waals surface area contributed by atoms with Crippen LogP contribution in [0.5, 0.6) is 0 Å². The summed E-state index contributed by atoms with van der Waals surface area (Å²) in [5.74, 6) is 1.08. The van der Waals surface area contributed by atoms with Crippen molar-refractivity contribution in [3.63, 3.8) is 0 Å². The minimum Gasteiger partial charge on any atom is -0.346 e. The van der Waals surface area contributed by atoms with Crippen LogP contribution in [0.25, 0.3) is 0 Å². The van der Waals surface area contributed by atoms with Crippen molar-refractivity contribution in [2.75, 3.05) is 0 Å². The van der Waals surface area contributed by atoms with Crippen LogP contribution < -0.4 is 0 Å². The van der Waals surface area contributed by atoms with Crippen LogP contribution in [0.3, 0.4) is 0 Å². The Kier molecular flexibility index (Phi) is 5.83. The summed E-state index contributed by atoms with van der Waals surface area (Å²) in [6, 6.07) is 7.64. The number of carbonyl (C=O) groups excluding carboxylic acids is 1. The van der Waals surface area contributed by atoms with Crippen LogP contribution in [0.1, 0.15) is 76.1 Å². The van der Waals surface area contributed by atoms with E-state index in [0.29, 0.717) is 30.1 Å². The summed E-state index contributed by atoms with van der Waals surface area (Å²) in [6.45, 7) is 6.58. The number of hydrogen-bond donors (Lipinski definition) is 0. The van der Waals surface area contributed by atoms with Gasteiger partial charge in [0.05, 0.1) is 6.10 Å². The van der Waals surface area contributed by atoms with Gasteiger partial charge in [0.15, 0.2) is 17.7 Å². The van der Waals surface area contributed by atoms with Crippen LogP contribution in [0.4, 0.5) is 0 Å². The third kappa shape index (κ3) is 3.63. The van der Waals surface area contributed by atoms with Crippen molar-refractivity contribution in [2.24, 2.45) is 23.7 Å². The molecule has 1 aromatic rings. The average molecular weight is 493 g/mol. The smallest absolute Gasteiger partial charge is 0.201 e. The maximum atomic E-state index is 12.7. The quantitative estimate of drug-likeness (QED) is 0.369. The molecule has 4 heterocycles. The lowest BCUT2D eigenvalue weighted by Crippen LogP contribution is -2.70. The maximum absolute atomic E-state index is 12.7. The second-order valence-corrected chi connectivity index (χ2v) is 11.1. The molecule has 0 aromatic heterocycles. The number of Topliss-reactive ketones (excluding diaryl/α,β-unsaturated/α-hetero) is 1. The van der Waals surface area contributed by atoms with Gasteiger partial charge in [-0.2, -0.15) is 0 Å². The van der Waals surface area contributed by atoms with E-state index in [0.717, 1.165) is 42.1 Å². The molecule has 1 unspecified atom stereocenters. The first-order valence-corrected chi connectivity index (χ1v) is 12.6. The number of ether oxygens (including phenoxy) is 2. The normalized spacial score (nSPS) is 43.9. The first-order valence-electron chi connectivity index (χ1n) is 11.8. The van der Waals surface area contributed by atoms with Crippen molar-refractivity contribution < 1.29 is 24.0 Å². The van der Waals surface area contributed by atoms with E-state index in [-0.39, 0.29) is 11.9 Å². The highest BCUT2D eigenvalue weighted by atomic mass is 79.9. The van der Waals surface area contributed by atoms with Gasteiger partial charge in [0.1, 0.15) is 0 Å². The molecule has 4 aliphatic heterocycles. The fraction of sp³-hybridized carbons (Fsp3) is 0.720. The van der Waals surface area contributed by atoms with Crippen LogP contribution in [0.2, 0.25) is 0 Å². The number of hydrogen-bond acceptors (Lipinski definition) is 5. The standard InChI is InChI=1S/C25H33BrO5/c1-15-11-12-19-16(2)22(10-6-9-21(27)17-7-4-5-8-20(17)26)28-23-25(19)18(15)13-14-24(3,29-23)30-31-25/h4-5,7-8,15-16,18-19,22-23H,6,9-14H2,1-3H3/t15-,16-,18+,19+,22-,23-,24?,25-/m1/s1. The summed E-state index contributed by atoms with van der Waals surface area (Å²) in [5, 5.41) is 0. The van der Waals surface area contributed by atoms with Gasteiger partial charge in [0, 0.05) is 28.8 Å². The van der Waals surface area contributed by atoms with Crippen LogP contribution in [-0.4, -0.2) is 29.6 Å². The van der Waals surface area contributed by atoms with E-state index < -0.39 is 17.7 Å². The molecule has 1 aromatic carbocycles. The minimum atomic E-state index is -0.738. The fourth-order valence-electron chi connectivity index (χ4n) is 6.59. The summed E-state index contributed by atoms with van der Waals surface area (Å²) < 4.78 is 13.9. The predicted molar refractivity (Wildman–Crippen MR) is 119 cm³/mol. The van der Waals surface area contributed by atoms with Gasteiger partial charge in [-0.05, 0) is 62.8 Å². The fourth-order valence-corrected chi connectivity index (χ4v) is 7.10. The zero-order valence-electron chi connectivity index (χ0n) is 18.6. The zero-order valence-corrected chi connectivity index (χ0v) is 20.2. The summed E-state index contributed by atoms with van der Waals surface area (Å²) in [4.78, 5) is 24.8. The molecule has 170 valence electrons. The van der Waals surface area contributed by atoms with Crippen molar-refractivity contribution in [3.05, 3.63) is 34.3 Å². The molecular formula is C25H33BrO5. The predicted octanol–water partition coefficient (Wildman–Crippen LogP) is 6.05. The van der Waals surface area contributed by atoms with Crippen LogP contribution in [-0.2, 0) is 19.2 Å². The van der Waals surface area contributed by atoms with Crippen molar-refractivity contribution in [3.8, 4) is 0 Å². The molecule has 5 aliphatic rings. The Hall–Kier alpha value is -0.790. The van der Waals surface area contributed by atoms with E-state index >= 15 is 0 Å². The monoisotopic (exact) mass is 492 g/mol. The van der Waals surface area contributed by atoms with Gasteiger partial charge in [-0.15, -0.1) is 0 Å². The molecule has 1 aliphatic carbocycles. The van der Waals surface area contributed by atoms with E-state index in [2.05, 4.69) is 29.8 Å². The summed E-state index contributed by atoms with van der Waals surface area (Å²) in [6.07, 6.45) is 6.03. The number of carbonyl (C=O) groups is 1. The van der Waals surface area contributed by atoms with E-state index in [1.54, 1.807) is 0 Å². The Balaban J connectivity index is 1.31. The van der Waals surface area contributed by atoms with Crippen molar-refractivity contribution in [1.29, 1.82) is 0 Å². The van der Waals surface area contributed by atoms with Crippen LogP contribution >= 0.6 is 15.9 Å². The van der Waals surface area contributed by atoms with E-state index in [1.165, 1.54) is 6.42 Å². The number of fused-ring (bicyclic) bond motifs is 2. The average Bonchev–Trinajstić information content (AvgIpc) is 2.98. The molecule has 2 bridgehead atoms. The first kappa shape index (κ1) is 22.0. The lowest BCUT2D eigenvalue weighted by atomic mass is 9.57. The molecule has 5 nitrogen and oxygen atoms in total. The molecule has 1 spiro atoms. The van der Waals surface area contributed by atoms with E-state index in [1.807, 2.05) is 31.2 Å². The Labute approximate surface area is 193 Å². The molecule has 1 saturated carbocycles. The van der Waals surface area contributed by atoms with Gasteiger partial charge in [0.2, 0.25) is 5.79 Å². The molecule has 31 heavy (non-hydrogen) atoms. The Morgan fingerprint density at radius 3 is 2.74 bits per heavy atom. The van der Waals surface area contributed by atoms with Crippen molar-refractivity contribution in [1.82, 2.24) is 0 Å². The van der Waals surface area contributed by atoms with Gasteiger partial charge < -0.3 is 9.47 Å². The topological polar surface area (TPSA) is 54.0 Å². The Bertz CT molecular complexity index is 845.